The summed E-state index contributed by atoms with van der Waals surface area (Å²) in [7, 11) is 0. The lowest BCUT2D eigenvalue weighted by atomic mass is 10.0. The predicted molar refractivity (Wildman–Crippen MR) is 77.2 cm³/mol. The molecule has 2 unspecified atom stereocenters. The quantitative estimate of drug-likeness (QED) is 0.618. The van der Waals surface area contributed by atoms with Gasteiger partial charge in [-0.25, -0.2) is 0 Å². The molecule has 1 fully saturated rings. The number of carbonyl (C=O) groups is 1. The van der Waals surface area contributed by atoms with Crippen LogP contribution in [0.2, 0.25) is 0 Å². The first-order chi connectivity index (χ1) is 8.66. The van der Waals surface area contributed by atoms with Crippen molar-refractivity contribution >= 4 is 18.5 Å². The van der Waals surface area contributed by atoms with Gasteiger partial charge in [-0.15, -0.1) is 12.6 Å². The van der Waals surface area contributed by atoms with E-state index < -0.39 is 0 Å². The second-order valence-electron chi connectivity index (χ2n) is 5.30. The molecule has 0 spiro atoms. The van der Waals surface area contributed by atoms with E-state index in [1.807, 2.05) is 24.3 Å². The summed E-state index contributed by atoms with van der Waals surface area (Å²) in [4.78, 5) is 12.9. The van der Waals surface area contributed by atoms with Gasteiger partial charge in [-0.3, -0.25) is 4.79 Å². The van der Waals surface area contributed by atoms with E-state index in [0.717, 1.165) is 23.7 Å². The molecule has 1 aliphatic rings. The molecule has 1 aromatic carbocycles. The van der Waals surface area contributed by atoms with Crippen molar-refractivity contribution in [2.24, 2.45) is 5.92 Å². The molecule has 3 heteroatoms. The topological polar surface area (TPSA) is 29.1 Å². The van der Waals surface area contributed by atoms with Crippen LogP contribution in [0.1, 0.15) is 49.4 Å². The van der Waals surface area contributed by atoms with E-state index in [1.54, 1.807) is 0 Å². The van der Waals surface area contributed by atoms with Gasteiger partial charge < -0.3 is 5.32 Å². The number of amides is 1. The lowest BCUT2D eigenvalue weighted by molar-refractivity contribution is 0.0930. The highest BCUT2D eigenvalue weighted by Gasteiger charge is 2.19. The predicted octanol–water partition coefficient (Wildman–Crippen LogP) is 3.67. The third-order valence-corrected chi connectivity index (χ3v) is 4.13. The third kappa shape index (κ3) is 3.52. The van der Waals surface area contributed by atoms with Gasteiger partial charge >= 0.3 is 0 Å². The van der Waals surface area contributed by atoms with Crippen molar-refractivity contribution < 1.29 is 4.79 Å². The van der Waals surface area contributed by atoms with Crippen molar-refractivity contribution in [1.82, 2.24) is 5.32 Å². The molecule has 1 aromatic rings. The Morgan fingerprint density at radius 1 is 1.22 bits per heavy atom. The summed E-state index contributed by atoms with van der Waals surface area (Å²) in [6, 6.07) is 7.79. The second kappa shape index (κ2) is 6.28. The summed E-state index contributed by atoms with van der Waals surface area (Å²) in [5.41, 5.74) is 0.679. The van der Waals surface area contributed by atoms with Gasteiger partial charge in [0.05, 0.1) is 5.56 Å². The Labute approximate surface area is 115 Å². The fourth-order valence-corrected chi connectivity index (χ4v) is 2.82. The van der Waals surface area contributed by atoms with Gasteiger partial charge in [0.2, 0.25) is 0 Å². The van der Waals surface area contributed by atoms with Gasteiger partial charge in [0.1, 0.15) is 0 Å². The van der Waals surface area contributed by atoms with E-state index in [9.17, 15) is 4.79 Å². The van der Waals surface area contributed by atoms with Crippen molar-refractivity contribution in [3.8, 4) is 0 Å². The van der Waals surface area contributed by atoms with Crippen LogP contribution in [-0.2, 0) is 0 Å². The van der Waals surface area contributed by atoms with E-state index in [2.05, 4.69) is 24.9 Å². The van der Waals surface area contributed by atoms with Crippen LogP contribution in [0.4, 0.5) is 0 Å². The molecule has 1 saturated carbocycles. The minimum absolute atomic E-state index is 0.0140. The van der Waals surface area contributed by atoms with Gasteiger partial charge in [0, 0.05) is 10.9 Å². The van der Waals surface area contributed by atoms with E-state index in [4.69, 9.17) is 0 Å². The molecule has 98 valence electrons. The van der Waals surface area contributed by atoms with Gasteiger partial charge in [-0.1, -0.05) is 31.9 Å². The molecule has 2 atom stereocenters. The first-order valence-electron chi connectivity index (χ1n) is 6.75. The lowest BCUT2D eigenvalue weighted by Gasteiger charge is -2.17. The van der Waals surface area contributed by atoms with Crippen molar-refractivity contribution in [2.75, 3.05) is 0 Å². The number of benzene rings is 1. The molecule has 1 aliphatic carbocycles. The van der Waals surface area contributed by atoms with E-state index in [0.29, 0.717) is 11.6 Å². The fraction of sp³-hybridized carbons (Fsp3) is 0.533. The maximum absolute atomic E-state index is 12.2. The van der Waals surface area contributed by atoms with Crippen LogP contribution >= 0.6 is 12.6 Å². The number of carbonyl (C=O) groups excluding carboxylic acids is 1. The zero-order valence-corrected chi connectivity index (χ0v) is 11.7. The summed E-state index contributed by atoms with van der Waals surface area (Å²) in [6.07, 6.45) is 5.92. The molecule has 2 rings (SSSR count). The average Bonchev–Trinajstić information content (AvgIpc) is 2.55. The lowest BCUT2D eigenvalue weighted by Crippen LogP contribution is -2.34. The Hall–Kier alpha value is -0.960. The van der Waals surface area contributed by atoms with Crippen LogP contribution in [0.3, 0.4) is 0 Å². The molecule has 0 heterocycles. The molecule has 0 radical (unpaired) electrons. The van der Waals surface area contributed by atoms with Gasteiger partial charge in [-0.2, -0.15) is 0 Å². The Kier molecular flexibility index (Phi) is 4.70. The minimum atomic E-state index is 0.0140. The number of thiol groups is 1. The molecule has 0 bridgehead atoms. The monoisotopic (exact) mass is 263 g/mol. The Morgan fingerprint density at radius 2 is 2.00 bits per heavy atom. The number of hydrogen-bond donors (Lipinski definition) is 2. The summed E-state index contributed by atoms with van der Waals surface area (Å²) in [6.45, 7) is 2.30. The summed E-state index contributed by atoms with van der Waals surface area (Å²) in [5.74, 6) is 0.809. The van der Waals surface area contributed by atoms with Crippen LogP contribution in [0.15, 0.2) is 29.2 Å². The van der Waals surface area contributed by atoms with Gasteiger partial charge in [-0.05, 0) is 37.3 Å². The fourth-order valence-electron chi connectivity index (χ4n) is 2.56. The molecule has 18 heavy (non-hydrogen) atoms. The van der Waals surface area contributed by atoms with Crippen LogP contribution in [-0.4, -0.2) is 11.9 Å². The summed E-state index contributed by atoms with van der Waals surface area (Å²) < 4.78 is 0. The van der Waals surface area contributed by atoms with Crippen LogP contribution in [0.25, 0.3) is 0 Å². The van der Waals surface area contributed by atoms with Gasteiger partial charge in [0.15, 0.2) is 0 Å². The second-order valence-corrected chi connectivity index (χ2v) is 5.78. The Balaban J connectivity index is 1.97. The molecular weight excluding hydrogens is 242 g/mol. The molecule has 0 aromatic heterocycles. The van der Waals surface area contributed by atoms with Gasteiger partial charge in [0.25, 0.3) is 5.91 Å². The first-order valence-corrected chi connectivity index (χ1v) is 7.20. The van der Waals surface area contributed by atoms with Crippen molar-refractivity contribution in [1.29, 1.82) is 0 Å². The molecule has 0 aliphatic heterocycles. The van der Waals surface area contributed by atoms with E-state index in [-0.39, 0.29) is 5.91 Å². The Morgan fingerprint density at radius 3 is 2.78 bits per heavy atom. The van der Waals surface area contributed by atoms with Crippen LogP contribution < -0.4 is 5.32 Å². The highest BCUT2D eigenvalue weighted by Crippen LogP contribution is 2.23. The highest BCUT2D eigenvalue weighted by atomic mass is 32.1. The zero-order chi connectivity index (χ0) is 13.0. The highest BCUT2D eigenvalue weighted by molar-refractivity contribution is 7.80. The molecule has 2 nitrogen and oxygen atoms in total. The van der Waals surface area contributed by atoms with E-state index >= 15 is 0 Å². The largest absolute Gasteiger partial charge is 0.349 e. The smallest absolute Gasteiger partial charge is 0.252 e. The molecule has 0 saturated heterocycles. The number of nitrogens with one attached hydrogen (secondary N) is 1. The summed E-state index contributed by atoms with van der Waals surface area (Å²) in [5, 5.41) is 3.15. The molecule has 1 N–H and O–H groups in total. The van der Waals surface area contributed by atoms with Crippen molar-refractivity contribution in [2.45, 2.75) is 50.0 Å². The van der Waals surface area contributed by atoms with Crippen LogP contribution in [0, 0.1) is 5.92 Å². The molecular formula is C15H21NOS. The van der Waals surface area contributed by atoms with E-state index in [1.165, 1.54) is 19.3 Å². The maximum atomic E-state index is 12.2. The maximum Gasteiger partial charge on any atom is 0.252 e. The first kappa shape index (κ1) is 13.5. The number of hydrogen-bond acceptors (Lipinski definition) is 2. The van der Waals surface area contributed by atoms with Crippen LogP contribution in [0.5, 0.6) is 0 Å². The molecule has 1 amide bonds. The SMILES string of the molecule is CC1CCCC(NC(=O)c2ccccc2S)CC1. The Bertz CT molecular complexity index is 419. The third-order valence-electron chi connectivity index (χ3n) is 3.74. The summed E-state index contributed by atoms with van der Waals surface area (Å²) >= 11 is 4.33. The standard InChI is InChI=1S/C15H21NOS/c1-11-5-4-6-12(10-9-11)16-15(17)13-7-2-3-8-14(13)18/h2-3,7-8,11-12,18H,4-6,9-10H2,1H3,(H,16,17). The van der Waals surface area contributed by atoms with Crippen molar-refractivity contribution in [3.63, 3.8) is 0 Å². The van der Waals surface area contributed by atoms with Crippen molar-refractivity contribution in [3.05, 3.63) is 29.8 Å². The normalized spacial score (nSPS) is 24.3. The number of rotatable bonds is 2. The zero-order valence-electron chi connectivity index (χ0n) is 10.9. The minimum Gasteiger partial charge on any atom is -0.349 e. The average molecular weight is 263 g/mol.